The van der Waals surface area contributed by atoms with Crippen LogP contribution in [0, 0.1) is 0 Å². The lowest BCUT2D eigenvalue weighted by molar-refractivity contribution is -0.687. The zero-order valence-corrected chi connectivity index (χ0v) is 21.0. The Morgan fingerprint density at radius 2 is 2.11 bits per heavy atom. The molecular formula is C22H22N7O6S2+. The molecule has 1 unspecified atom stereocenters. The van der Waals surface area contributed by atoms with E-state index in [-0.39, 0.29) is 22.2 Å². The Balaban J connectivity index is 1.47. The van der Waals surface area contributed by atoms with Crippen LogP contribution >= 0.6 is 23.1 Å². The van der Waals surface area contributed by atoms with Gasteiger partial charge in [-0.25, -0.2) is 14.3 Å². The second kappa shape index (κ2) is 10.8. The number of hydrogen-bond donors (Lipinski definition) is 4. The number of nitrogens with one attached hydrogen (secondary N) is 1. The molecule has 2 aromatic heterocycles. The molecule has 3 amide bonds. The number of aliphatic carboxylic acids is 1. The van der Waals surface area contributed by atoms with Crippen molar-refractivity contribution >= 4 is 57.6 Å². The van der Waals surface area contributed by atoms with Gasteiger partial charge in [-0.3, -0.25) is 19.3 Å². The monoisotopic (exact) mass is 544 g/mol. The zero-order valence-electron chi connectivity index (χ0n) is 19.4. The van der Waals surface area contributed by atoms with Crippen molar-refractivity contribution in [3.8, 4) is 0 Å². The molecule has 2 aromatic rings. The number of anilines is 1. The van der Waals surface area contributed by atoms with Gasteiger partial charge in [0.05, 0.1) is 5.56 Å². The summed E-state index contributed by atoms with van der Waals surface area (Å²) < 4.78 is 1.78. The first-order valence-corrected chi connectivity index (χ1v) is 12.6. The summed E-state index contributed by atoms with van der Waals surface area (Å²) in [6.45, 7) is 0.402. The van der Waals surface area contributed by atoms with E-state index in [4.69, 9.17) is 16.3 Å². The average Bonchev–Trinajstić information content (AvgIpc) is 3.31. The van der Waals surface area contributed by atoms with Crippen LogP contribution in [0.5, 0.6) is 0 Å². The van der Waals surface area contributed by atoms with E-state index in [0.29, 0.717) is 23.4 Å². The predicted octanol–water partition coefficient (Wildman–Crippen LogP) is -0.543. The SMILES string of the molecule is CON=C(C(=O)NC1C(=O)N2C(C(=O)O)=C(C=CC[n+]3ccc(C(N)=O)cc3)CS[C@@H]12)c1csc(N)n1. The van der Waals surface area contributed by atoms with Crippen LogP contribution in [-0.4, -0.2) is 68.7 Å². The van der Waals surface area contributed by atoms with Crippen LogP contribution in [0.15, 0.2) is 58.5 Å². The molecule has 37 heavy (non-hydrogen) atoms. The number of thioether (sulfide) groups is 1. The molecule has 2 atom stereocenters. The molecule has 4 rings (SSSR count). The van der Waals surface area contributed by atoms with E-state index in [1.165, 1.54) is 29.2 Å². The van der Waals surface area contributed by atoms with Crippen LogP contribution in [0.25, 0.3) is 0 Å². The highest BCUT2D eigenvalue weighted by atomic mass is 32.2. The highest BCUT2D eigenvalue weighted by Crippen LogP contribution is 2.40. The average molecular weight is 545 g/mol. The highest BCUT2D eigenvalue weighted by molar-refractivity contribution is 8.00. The lowest BCUT2D eigenvalue weighted by atomic mass is 10.0. The number of fused-ring (bicyclic) bond motifs is 1. The fourth-order valence-corrected chi connectivity index (χ4v) is 5.60. The van der Waals surface area contributed by atoms with Crippen LogP contribution in [0.3, 0.4) is 0 Å². The van der Waals surface area contributed by atoms with E-state index in [0.717, 1.165) is 11.3 Å². The van der Waals surface area contributed by atoms with Gasteiger partial charge in [0.1, 0.15) is 29.9 Å². The number of carbonyl (C=O) groups excluding carboxylic acids is 3. The van der Waals surface area contributed by atoms with Crippen molar-refractivity contribution in [2.45, 2.75) is 18.0 Å². The normalized spacial score (nSPS) is 19.4. The molecule has 0 spiro atoms. The number of rotatable bonds is 9. The Bertz CT molecular complexity index is 1350. The quantitative estimate of drug-likeness (QED) is 0.139. The van der Waals surface area contributed by atoms with Gasteiger partial charge in [-0.1, -0.05) is 11.2 Å². The van der Waals surface area contributed by atoms with E-state index in [9.17, 15) is 24.3 Å². The molecule has 6 N–H and O–H groups in total. The van der Waals surface area contributed by atoms with Gasteiger partial charge in [0.2, 0.25) is 5.91 Å². The summed E-state index contributed by atoms with van der Waals surface area (Å²) in [6, 6.07) is 2.21. The fraction of sp³-hybridized carbons (Fsp3) is 0.227. The molecule has 0 bridgehead atoms. The van der Waals surface area contributed by atoms with E-state index >= 15 is 0 Å². The van der Waals surface area contributed by atoms with Gasteiger partial charge in [0.15, 0.2) is 29.8 Å². The fourth-order valence-electron chi connectivity index (χ4n) is 3.73. The number of amides is 3. The molecule has 15 heteroatoms. The Morgan fingerprint density at radius 3 is 2.70 bits per heavy atom. The van der Waals surface area contributed by atoms with Gasteiger partial charge in [-0.15, -0.1) is 23.1 Å². The third kappa shape index (κ3) is 5.31. The van der Waals surface area contributed by atoms with Crippen molar-refractivity contribution in [3.63, 3.8) is 0 Å². The molecule has 2 aliphatic rings. The van der Waals surface area contributed by atoms with Crippen molar-refractivity contribution in [2.24, 2.45) is 10.9 Å². The second-order valence-electron chi connectivity index (χ2n) is 7.78. The van der Waals surface area contributed by atoms with Crippen LogP contribution in [0.2, 0.25) is 0 Å². The van der Waals surface area contributed by atoms with E-state index < -0.39 is 35.1 Å². The maximum absolute atomic E-state index is 12.9. The summed E-state index contributed by atoms with van der Waals surface area (Å²) in [6.07, 6.45) is 6.75. The zero-order chi connectivity index (χ0) is 26.7. The summed E-state index contributed by atoms with van der Waals surface area (Å²) in [4.78, 5) is 58.9. The largest absolute Gasteiger partial charge is 0.477 e. The number of nitrogen functional groups attached to an aromatic ring is 1. The minimum atomic E-state index is -1.25. The number of oxime groups is 1. The summed E-state index contributed by atoms with van der Waals surface area (Å²) in [5.41, 5.74) is 11.6. The number of carboxylic acid groups (broad SMARTS) is 1. The first-order valence-electron chi connectivity index (χ1n) is 10.7. The number of carboxylic acids is 1. The van der Waals surface area contributed by atoms with Crippen LogP contribution < -0.4 is 21.4 Å². The molecule has 1 saturated heterocycles. The highest BCUT2D eigenvalue weighted by Gasteiger charge is 2.54. The van der Waals surface area contributed by atoms with Gasteiger partial charge in [0, 0.05) is 23.3 Å². The van der Waals surface area contributed by atoms with E-state index in [1.54, 1.807) is 41.2 Å². The van der Waals surface area contributed by atoms with Gasteiger partial charge in [-0.2, -0.15) is 0 Å². The summed E-state index contributed by atoms with van der Waals surface area (Å²) in [5, 5.41) is 17.3. The number of hydrogen-bond acceptors (Lipinski definition) is 10. The molecule has 4 heterocycles. The molecule has 192 valence electrons. The van der Waals surface area contributed by atoms with Gasteiger partial charge < -0.3 is 26.7 Å². The number of carbonyl (C=O) groups is 4. The molecule has 0 saturated carbocycles. The summed E-state index contributed by atoms with van der Waals surface area (Å²) in [7, 11) is 1.27. The number of thiazole rings is 1. The molecular weight excluding hydrogens is 522 g/mol. The second-order valence-corrected chi connectivity index (χ2v) is 9.78. The van der Waals surface area contributed by atoms with Crippen molar-refractivity contribution in [1.29, 1.82) is 0 Å². The summed E-state index contributed by atoms with van der Waals surface area (Å²) in [5.74, 6) is -2.72. The number of β-lactam (4-membered cyclic amide) rings is 1. The third-order valence-electron chi connectivity index (χ3n) is 5.46. The number of primary amides is 1. The maximum Gasteiger partial charge on any atom is 0.352 e. The number of aromatic nitrogens is 2. The van der Waals surface area contributed by atoms with Gasteiger partial charge in [-0.05, 0) is 11.6 Å². The lowest BCUT2D eigenvalue weighted by Gasteiger charge is -2.49. The predicted molar refractivity (Wildman–Crippen MR) is 134 cm³/mol. The van der Waals surface area contributed by atoms with Crippen molar-refractivity contribution in [2.75, 3.05) is 18.6 Å². The number of nitrogens with zero attached hydrogens (tertiary/aromatic N) is 4. The van der Waals surface area contributed by atoms with Crippen LogP contribution in [0.1, 0.15) is 16.1 Å². The van der Waals surface area contributed by atoms with Crippen LogP contribution in [-0.2, 0) is 25.8 Å². The van der Waals surface area contributed by atoms with E-state index in [2.05, 4.69) is 15.5 Å². The molecule has 1 fully saturated rings. The first kappa shape index (κ1) is 25.8. The molecule has 2 aliphatic heterocycles. The molecule has 0 radical (unpaired) electrons. The maximum atomic E-state index is 12.9. The lowest BCUT2D eigenvalue weighted by Crippen LogP contribution is -2.71. The third-order valence-corrected chi connectivity index (χ3v) is 7.44. The van der Waals surface area contributed by atoms with Crippen molar-refractivity contribution < 1.29 is 33.7 Å². The topological polar surface area (TPSA) is 194 Å². The summed E-state index contributed by atoms with van der Waals surface area (Å²) >= 11 is 2.44. The van der Waals surface area contributed by atoms with Crippen molar-refractivity contribution in [1.82, 2.24) is 15.2 Å². The molecule has 0 aromatic carbocycles. The minimum Gasteiger partial charge on any atom is -0.477 e. The number of allylic oxidation sites excluding steroid dienone is 2. The smallest absolute Gasteiger partial charge is 0.352 e. The number of pyridine rings is 1. The Kier molecular flexibility index (Phi) is 7.54. The Labute approximate surface area is 218 Å². The minimum absolute atomic E-state index is 0.136. The standard InChI is InChI=1S/C22H21N7O6S2/c1-35-27-14(13-10-37-22(24)25-13)18(31)26-15-19(32)29-16(21(33)34)12(9-36-20(15)29)3-2-6-28-7-4-11(5-8-28)17(23)30/h2-5,7-8,10,15,20H,6,9H2,1H3,(H5-,23,24,25,26,30,31,33,34)/p+1/t15?,20-/m0/s1. The molecule has 0 aliphatic carbocycles. The molecule has 13 nitrogen and oxygen atoms in total. The van der Waals surface area contributed by atoms with E-state index in [1.807, 2.05) is 0 Å². The first-order chi connectivity index (χ1) is 17.7. The van der Waals surface area contributed by atoms with Crippen molar-refractivity contribution in [3.05, 3.63) is 64.6 Å². The van der Waals surface area contributed by atoms with Crippen LogP contribution in [0.4, 0.5) is 5.13 Å². The van der Waals surface area contributed by atoms with Gasteiger partial charge >= 0.3 is 5.97 Å². The Hall–Kier alpha value is -4.24. The van der Waals surface area contributed by atoms with Gasteiger partial charge in [0.25, 0.3) is 11.8 Å². The Morgan fingerprint density at radius 1 is 1.38 bits per heavy atom. The number of nitrogens with two attached hydrogens (primary N) is 2.